The van der Waals surface area contributed by atoms with Crippen molar-refractivity contribution in [3.05, 3.63) is 107 Å². The number of carbonyl (C=O) groups excluding carboxylic acids is 2. The van der Waals surface area contributed by atoms with Gasteiger partial charge in [0, 0.05) is 0 Å². The fourth-order valence-corrected chi connectivity index (χ4v) is 2.95. The topological polar surface area (TPSA) is 79.2 Å². The van der Waals surface area contributed by atoms with E-state index in [1.165, 1.54) is 6.07 Å². The smallest absolute Gasteiger partial charge is 0.338 e. The van der Waals surface area contributed by atoms with E-state index in [0.29, 0.717) is 12.0 Å². The maximum atomic E-state index is 12.4. The zero-order valence-corrected chi connectivity index (χ0v) is 15.7. The number of esters is 1. The molecule has 0 unspecified atom stereocenters. The third-order valence-corrected chi connectivity index (χ3v) is 4.38. The van der Waals surface area contributed by atoms with Crippen molar-refractivity contribution in [3.8, 4) is 6.07 Å². The number of hydrogen-bond donors (Lipinski definition) is 1. The van der Waals surface area contributed by atoms with Crippen LogP contribution in [0.25, 0.3) is 0 Å². The van der Waals surface area contributed by atoms with Crippen LogP contribution in [0.3, 0.4) is 0 Å². The highest BCUT2D eigenvalue weighted by Gasteiger charge is 2.17. The Morgan fingerprint density at radius 3 is 2.31 bits per heavy atom. The number of rotatable bonds is 7. The van der Waals surface area contributed by atoms with E-state index in [2.05, 4.69) is 5.32 Å². The standard InChI is InChI=1S/C24H20N2O3/c25-16-19-10-7-13-21(14-19)24(28)29-17-23(27)26-22(20-11-5-2-6-12-20)15-18-8-3-1-4-9-18/h1-14,22H,15,17H2,(H,26,27)/t22-/m0/s1. The highest BCUT2D eigenvalue weighted by molar-refractivity contribution is 5.91. The van der Waals surface area contributed by atoms with Crippen LogP contribution < -0.4 is 5.32 Å². The van der Waals surface area contributed by atoms with Crippen LogP contribution in [0, 0.1) is 11.3 Å². The molecule has 0 fully saturated rings. The maximum absolute atomic E-state index is 12.4. The van der Waals surface area contributed by atoms with Gasteiger partial charge in [0.15, 0.2) is 6.61 Å². The maximum Gasteiger partial charge on any atom is 0.338 e. The zero-order valence-electron chi connectivity index (χ0n) is 15.7. The molecule has 0 aromatic heterocycles. The second kappa shape index (κ2) is 9.86. The van der Waals surface area contributed by atoms with Crippen molar-refractivity contribution in [1.29, 1.82) is 5.26 Å². The first-order valence-electron chi connectivity index (χ1n) is 9.21. The number of amides is 1. The van der Waals surface area contributed by atoms with Crippen LogP contribution in [0.2, 0.25) is 0 Å². The predicted octanol–water partition coefficient (Wildman–Crippen LogP) is 3.82. The summed E-state index contributed by atoms with van der Waals surface area (Å²) in [6, 6.07) is 27.4. The minimum absolute atomic E-state index is 0.237. The molecule has 1 atom stereocenters. The number of carbonyl (C=O) groups is 2. The van der Waals surface area contributed by atoms with Gasteiger partial charge in [0.1, 0.15) is 0 Å². The molecule has 0 spiro atoms. The Labute approximate surface area is 169 Å². The molecule has 1 N–H and O–H groups in total. The lowest BCUT2D eigenvalue weighted by Gasteiger charge is -2.19. The Morgan fingerprint density at radius 2 is 1.62 bits per heavy atom. The Bertz CT molecular complexity index is 1010. The molecule has 5 nitrogen and oxygen atoms in total. The average molecular weight is 384 g/mol. The molecule has 0 bridgehead atoms. The molecule has 144 valence electrons. The molecule has 0 saturated carbocycles. The largest absolute Gasteiger partial charge is 0.452 e. The number of benzene rings is 3. The van der Waals surface area contributed by atoms with E-state index in [0.717, 1.165) is 11.1 Å². The van der Waals surface area contributed by atoms with Gasteiger partial charge in [-0.1, -0.05) is 66.7 Å². The molecule has 0 aliphatic rings. The number of nitrogens with zero attached hydrogens (tertiary/aromatic N) is 1. The van der Waals surface area contributed by atoms with Crippen molar-refractivity contribution in [2.75, 3.05) is 6.61 Å². The van der Waals surface area contributed by atoms with Gasteiger partial charge >= 0.3 is 5.97 Å². The van der Waals surface area contributed by atoms with E-state index in [1.54, 1.807) is 18.2 Å². The summed E-state index contributed by atoms with van der Waals surface area (Å²) in [6.45, 7) is -0.395. The van der Waals surface area contributed by atoms with Crippen LogP contribution in [0.1, 0.15) is 33.1 Å². The zero-order chi connectivity index (χ0) is 20.5. The summed E-state index contributed by atoms with van der Waals surface area (Å²) in [4.78, 5) is 24.6. The van der Waals surface area contributed by atoms with Crippen LogP contribution in [0.4, 0.5) is 0 Å². The van der Waals surface area contributed by atoms with Crippen LogP contribution in [0.15, 0.2) is 84.9 Å². The summed E-state index contributed by atoms with van der Waals surface area (Å²) >= 11 is 0. The summed E-state index contributed by atoms with van der Waals surface area (Å²) in [7, 11) is 0. The first-order chi connectivity index (χ1) is 14.2. The fourth-order valence-electron chi connectivity index (χ4n) is 2.95. The van der Waals surface area contributed by atoms with Gasteiger partial charge in [-0.15, -0.1) is 0 Å². The van der Waals surface area contributed by atoms with Crippen molar-refractivity contribution in [1.82, 2.24) is 5.32 Å². The lowest BCUT2D eigenvalue weighted by Crippen LogP contribution is -2.33. The molecular formula is C24H20N2O3. The van der Waals surface area contributed by atoms with Gasteiger partial charge in [-0.2, -0.15) is 5.26 Å². The summed E-state index contributed by atoms with van der Waals surface area (Å²) in [5, 5.41) is 11.9. The van der Waals surface area contributed by atoms with Crippen molar-refractivity contribution in [3.63, 3.8) is 0 Å². The van der Waals surface area contributed by atoms with Gasteiger partial charge in [0.2, 0.25) is 0 Å². The first kappa shape index (κ1) is 19.8. The minimum Gasteiger partial charge on any atom is -0.452 e. The normalized spacial score (nSPS) is 11.1. The van der Waals surface area contributed by atoms with E-state index in [1.807, 2.05) is 66.7 Å². The highest BCUT2D eigenvalue weighted by atomic mass is 16.5. The van der Waals surface area contributed by atoms with E-state index >= 15 is 0 Å². The van der Waals surface area contributed by atoms with Crippen LogP contribution >= 0.6 is 0 Å². The van der Waals surface area contributed by atoms with Gasteiger partial charge in [-0.05, 0) is 35.7 Å². The summed E-state index contributed by atoms with van der Waals surface area (Å²) in [5.41, 5.74) is 2.65. The van der Waals surface area contributed by atoms with E-state index in [4.69, 9.17) is 10.00 Å². The molecule has 3 rings (SSSR count). The number of nitrogens with one attached hydrogen (secondary N) is 1. The van der Waals surface area contributed by atoms with Gasteiger partial charge in [0.25, 0.3) is 5.91 Å². The number of nitriles is 1. The summed E-state index contributed by atoms with van der Waals surface area (Å²) in [6.07, 6.45) is 0.620. The van der Waals surface area contributed by atoms with Gasteiger partial charge in [-0.25, -0.2) is 4.79 Å². The van der Waals surface area contributed by atoms with Crippen molar-refractivity contribution in [2.45, 2.75) is 12.5 Å². The van der Waals surface area contributed by atoms with Gasteiger partial charge in [-0.3, -0.25) is 4.79 Å². The van der Waals surface area contributed by atoms with Crippen LogP contribution in [-0.2, 0) is 16.0 Å². The quantitative estimate of drug-likeness (QED) is 0.628. The Morgan fingerprint density at radius 1 is 0.931 bits per heavy atom. The van der Waals surface area contributed by atoms with Crippen LogP contribution in [-0.4, -0.2) is 18.5 Å². The lowest BCUT2D eigenvalue weighted by atomic mass is 9.99. The van der Waals surface area contributed by atoms with Gasteiger partial charge in [0.05, 0.1) is 23.2 Å². The second-order valence-electron chi connectivity index (χ2n) is 6.49. The van der Waals surface area contributed by atoms with E-state index < -0.39 is 12.6 Å². The molecular weight excluding hydrogens is 364 g/mol. The molecule has 3 aromatic rings. The molecule has 0 aliphatic carbocycles. The number of hydrogen-bond acceptors (Lipinski definition) is 4. The third-order valence-electron chi connectivity index (χ3n) is 4.38. The molecule has 0 aliphatic heterocycles. The molecule has 1 amide bonds. The fraction of sp³-hybridized carbons (Fsp3) is 0.125. The Hall–Kier alpha value is -3.91. The van der Waals surface area contributed by atoms with Gasteiger partial charge < -0.3 is 10.1 Å². The van der Waals surface area contributed by atoms with Crippen molar-refractivity contribution in [2.24, 2.45) is 0 Å². The average Bonchev–Trinajstić information content (AvgIpc) is 2.78. The van der Waals surface area contributed by atoms with E-state index in [9.17, 15) is 9.59 Å². The third kappa shape index (κ3) is 5.78. The van der Waals surface area contributed by atoms with Crippen LogP contribution in [0.5, 0.6) is 0 Å². The molecule has 0 saturated heterocycles. The molecule has 5 heteroatoms. The Balaban J connectivity index is 1.63. The molecule has 0 heterocycles. The second-order valence-corrected chi connectivity index (χ2v) is 6.49. The lowest BCUT2D eigenvalue weighted by molar-refractivity contribution is -0.125. The molecule has 0 radical (unpaired) electrons. The molecule has 29 heavy (non-hydrogen) atoms. The van der Waals surface area contributed by atoms with E-state index in [-0.39, 0.29) is 17.5 Å². The monoisotopic (exact) mass is 384 g/mol. The summed E-state index contributed by atoms with van der Waals surface area (Å²) < 4.78 is 5.12. The predicted molar refractivity (Wildman–Crippen MR) is 109 cm³/mol. The van der Waals surface area contributed by atoms with Crippen molar-refractivity contribution < 1.29 is 14.3 Å². The number of ether oxygens (including phenoxy) is 1. The SMILES string of the molecule is N#Cc1cccc(C(=O)OCC(=O)N[C@@H](Cc2ccccc2)c2ccccc2)c1. The first-order valence-corrected chi connectivity index (χ1v) is 9.21. The Kier molecular flexibility index (Phi) is 6.75. The highest BCUT2D eigenvalue weighted by Crippen LogP contribution is 2.18. The summed E-state index contributed by atoms with van der Waals surface area (Å²) in [5.74, 6) is -1.03. The minimum atomic E-state index is -0.642. The molecule has 3 aromatic carbocycles. The van der Waals surface area contributed by atoms with Crippen molar-refractivity contribution >= 4 is 11.9 Å².